The fourth-order valence-corrected chi connectivity index (χ4v) is 2.97. The fraction of sp³-hybridized carbons (Fsp3) is 0.714. The fourth-order valence-electron chi connectivity index (χ4n) is 2.32. The van der Waals surface area contributed by atoms with Crippen molar-refractivity contribution in [3.8, 4) is 0 Å². The van der Waals surface area contributed by atoms with Gasteiger partial charge in [-0.3, -0.25) is 4.90 Å². The molecule has 1 atom stereocenters. The van der Waals surface area contributed by atoms with Gasteiger partial charge in [0.25, 0.3) is 0 Å². The van der Waals surface area contributed by atoms with Crippen LogP contribution in [0.1, 0.15) is 44.7 Å². The standard InChI is InChI=1S/C14H24N4OS/c1-10(2)18(12-4-5-12)8-6-16-14(19)17-11(3)13-15-7-9-20-13/h7,9-12H,4-6,8H2,1-3H3,(H2,16,17,19)/t11-/m1/s1. The molecule has 0 saturated heterocycles. The summed E-state index contributed by atoms with van der Waals surface area (Å²) < 4.78 is 0. The molecule has 1 heterocycles. The highest BCUT2D eigenvalue weighted by molar-refractivity contribution is 7.09. The number of nitrogens with zero attached hydrogens (tertiary/aromatic N) is 2. The van der Waals surface area contributed by atoms with Gasteiger partial charge in [0.15, 0.2) is 0 Å². The lowest BCUT2D eigenvalue weighted by molar-refractivity contribution is 0.206. The van der Waals surface area contributed by atoms with Crippen LogP contribution < -0.4 is 10.6 Å². The van der Waals surface area contributed by atoms with E-state index in [1.54, 1.807) is 17.5 Å². The SMILES string of the molecule is CC(C)N(CCNC(=O)N[C@H](C)c1nccs1)C1CC1. The molecule has 0 aromatic carbocycles. The van der Waals surface area contributed by atoms with Gasteiger partial charge >= 0.3 is 6.03 Å². The molecule has 0 radical (unpaired) electrons. The van der Waals surface area contributed by atoms with Gasteiger partial charge in [0.1, 0.15) is 5.01 Å². The Balaban J connectivity index is 1.67. The molecule has 0 bridgehead atoms. The molecule has 112 valence electrons. The second kappa shape index (κ2) is 7.04. The third-order valence-electron chi connectivity index (χ3n) is 3.50. The van der Waals surface area contributed by atoms with Gasteiger partial charge in [-0.05, 0) is 33.6 Å². The summed E-state index contributed by atoms with van der Waals surface area (Å²) in [6.45, 7) is 7.97. The Morgan fingerprint density at radius 3 is 2.80 bits per heavy atom. The molecular weight excluding hydrogens is 272 g/mol. The molecular formula is C14H24N4OS. The van der Waals surface area contributed by atoms with E-state index >= 15 is 0 Å². The summed E-state index contributed by atoms with van der Waals surface area (Å²) in [6, 6.07) is 1.11. The number of aromatic nitrogens is 1. The Morgan fingerprint density at radius 2 is 2.25 bits per heavy atom. The average molecular weight is 296 g/mol. The van der Waals surface area contributed by atoms with Crippen molar-refractivity contribution >= 4 is 17.4 Å². The van der Waals surface area contributed by atoms with E-state index in [2.05, 4.69) is 34.4 Å². The largest absolute Gasteiger partial charge is 0.337 e. The zero-order valence-electron chi connectivity index (χ0n) is 12.4. The number of nitrogens with one attached hydrogen (secondary N) is 2. The lowest BCUT2D eigenvalue weighted by Crippen LogP contribution is -2.43. The summed E-state index contributed by atoms with van der Waals surface area (Å²) in [5, 5.41) is 8.69. The van der Waals surface area contributed by atoms with Crippen LogP contribution in [-0.4, -0.2) is 41.1 Å². The van der Waals surface area contributed by atoms with Crippen LogP contribution in [0.4, 0.5) is 4.79 Å². The highest BCUT2D eigenvalue weighted by Gasteiger charge is 2.30. The molecule has 2 N–H and O–H groups in total. The first-order valence-electron chi connectivity index (χ1n) is 7.27. The Bertz CT molecular complexity index is 415. The predicted octanol–water partition coefficient (Wildman–Crippen LogP) is 2.38. The first-order chi connectivity index (χ1) is 9.58. The quantitative estimate of drug-likeness (QED) is 0.812. The van der Waals surface area contributed by atoms with E-state index < -0.39 is 0 Å². The minimum Gasteiger partial charge on any atom is -0.337 e. The number of carbonyl (C=O) groups excluding carboxylic acids is 1. The second-order valence-electron chi connectivity index (χ2n) is 5.56. The predicted molar refractivity (Wildman–Crippen MR) is 81.9 cm³/mol. The third kappa shape index (κ3) is 4.45. The third-order valence-corrected chi connectivity index (χ3v) is 4.46. The van der Waals surface area contributed by atoms with Gasteiger partial charge in [0, 0.05) is 36.8 Å². The van der Waals surface area contributed by atoms with Crippen molar-refractivity contribution in [2.45, 2.75) is 51.7 Å². The van der Waals surface area contributed by atoms with Crippen LogP contribution in [0.3, 0.4) is 0 Å². The highest BCUT2D eigenvalue weighted by Crippen LogP contribution is 2.27. The van der Waals surface area contributed by atoms with E-state index in [1.807, 2.05) is 12.3 Å². The maximum Gasteiger partial charge on any atom is 0.315 e. The monoisotopic (exact) mass is 296 g/mol. The normalized spacial score (nSPS) is 16.4. The number of carbonyl (C=O) groups is 1. The maximum absolute atomic E-state index is 11.8. The summed E-state index contributed by atoms with van der Waals surface area (Å²) in [5.74, 6) is 0. The molecule has 0 aliphatic heterocycles. The van der Waals surface area contributed by atoms with Crippen LogP contribution in [0.25, 0.3) is 0 Å². The molecule has 20 heavy (non-hydrogen) atoms. The van der Waals surface area contributed by atoms with E-state index in [0.717, 1.165) is 17.6 Å². The summed E-state index contributed by atoms with van der Waals surface area (Å²) >= 11 is 1.56. The van der Waals surface area contributed by atoms with Crippen LogP contribution in [0.5, 0.6) is 0 Å². The van der Waals surface area contributed by atoms with Crippen molar-refractivity contribution in [3.05, 3.63) is 16.6 Å². The average Bonchev–Trinajstić information content (AvgIpc) is 3.06. The van der Waals surface area contributed by atoms with Crippen LogP contribution in [-0.2, 0) is 0 Å². The smallest absolute Gasteiger partial charge is 0.315 e. The van der Waals surface area contributed by atoms with Gasteiger partial charge in [-0.25, -0.2) is 9.78 Å². The Kier molecular flexibility index (Phi) is 5.37. The van der Waals surface area contributed by atoms with Crippen molar-refractivity contribution in [1.29, 1.82) is 0 Å². The summed E-state index contributed by atoms with van der Waals surface area (Å²) in [5.41, 5.74) is 0. The van der Waals surface area contributed by atoms with E-state index in [-0.39, 0.29) is 12.1 Å². The lowest BCUT2D eigenvalue weighted by Gasteiger charge is -2.26. The van der Waals surface area contributed by atoms with E-state index in [9.17, 15) is 4.79 Å². The van der Waals surface area contributed by atoms with E-state index in [4.69, 9.17) is 0 Å². The molecule has 1 fully saturated rings. The Labute approximate surface area is 124 Å². The summed E-state index contributed by atoms with van der Waals surface area (Å²) in [7, 11) is 0. The molecule has 0 spiro atoms. The van der Waals surface area contributed by atoms with E-state index in [0.29, 0.717) is 12.6 Å². The molecule has 6 heteroatoms. The van der Waals surface area contributed by atoms with Crippen molar-refractivity contribution in [3.63, 3.8) is 0 Å². The zero-order valence-corrected chi connectivity index (χ0v) is 13.2. The van der Waals surface area contributed by atoms with Crippen molar-refractivity contribution < 1.29 is 4.79 Å². The van der Waals surface area contributed by atoms with Gasteiger partial charge in [0.05, 0.1) is 6.04 Å². The molecule has 5 nitrogen and oxygen atoms in total. The molecule has 1 aliphatic rings. The van der Waals surface area contributed by atoms with Crippen LogP contribution in [0.2, 0.25) is 0 Å². The maximum atomic E-state index is 11.8. The van der Waals surface area contributed by atoms with Crippen molar-refractivity contribution in [2.75, 3.05) is 13.1 Å². The molecule has 1 aliphatic carbocycles. The lowest BCUT2D eigenvalue weighted by atomic mass is 10.3. The molecule has 1 aromatic heterocycles. The highest BCUT2D eigenvalue weighted by atomic mass is 32.1. The molecule has 1 saturated carbocycles. The molecule has 0 unspecified atom stereocenters. The van der Waals surface area contributed by atoms with Gasteiger partial charge in [-0.2, -0.15) is 0 Å². The minimum atomic E-state index is -0.118. The second-order valence-corrected chi connectivity index (χ2v) is 6.48. The first kappa shape index (κ1) is 15.3. The minimum absolute atomic E-state index is 0.0420. The van der Waals surface area contributed by atoms with Gasteiger partial charge in [-0.15, -0.1) is 11.3 Å². The Hall–Kier alpha value is -1.14. The van der Waals surface area contributed by atoms with Gasteiger partial charge in [0.2, 0.25) is 0 Å². The first-order valence-corrected chi connectivity index (χ1v) is 8.15. The van der Waals surface area contributed by atoms with Gasteiger partial charge in [-0.1, -0.05) is 0 Å². The number of rotatable bonds is 7. The number of amides is 2. The van der Waals surface area contributed by atoms with Crippen LogP contribution >= 0.6 is 11.3 Å². The van der Waals surface area contributed by atoms with Gasteiger partial charge < -0.3 is 10.6 Å². The van der Waals surface area contributed by atoms with Crippen molar-refractivity contribution in [2.24, 2.45) is 0 Å². The van der Waals surface area contributed by atoms with Crippen LogP contribution in [0, 0.1) is 0 Å². The molecule has 1 aromatic rings. The molecule has 2 rings (SSSR count). The molecule has 2 amide bonds. The number of hydrogen-bond donors (Lipinski definition) is 2. The number of hydrogen-bond acceptors (Lipinski definition) is 4. The zero-order chi connectivity index (χ0) is 14.5. The number of thiazole rings is 1. The van der Waals surface area contributed by atoms with E-state index in [1.165, 1.54) is 12.8 Å². The Morgan fingerprint density at radius 1 is 1.50 bits per heavy atom. The number of urea groups is 1. The van der Waals surface area contributed by atoms with Crippen LogP contribution in [0.15, 0.2) is 11.6 Å². The van der Waals surface area contributed by atoms with Crippen molar-refractivity contribution in [1.82, 2.24) is 20.5 Å². The topological polar surface area (TPSA) is 57.3 Å². The summed E-state index contributed by atoms with van der Waals surface area (Å²) in [6.07, 6.45) is 4.35. The summed E-state index contributed by atoms with van der Waals surface area (Å²) in [4.78, 5) is 18.5.